The lowest BCUT2D eigenvalue weighted by Crippen LogP contribution is -2.40. The number of carbonyl (C=O) groups excluding carboxylic acids is 1. The van der Waals surface area contributed by atoms with Crippen molar-refractivity contribution in [3.8, 4) is 5.69 Å². The highest BCUT2D eigenvalue weighted by atomic mass is 32.2. The summed E-state index contributed by atoms with van der Waals surface area (Å²) in [4.78, 5) is 26.5. The first kappa shape index (κ1) is 22.7. The zero-order valence-electron chi connectivity index (χ0n) is 19.7. The summed E-state index contributed by atoms with van der Waals surface area (Å²) >= 11 is 1.37. The number of nitrogens with zero attached hydrogens (tertiary/aromatic N) is 4. The fourth-order valence-electron chi connectivity index (χ4n) is 4.71. The molecule has 1 fully saturated rings. The van der Waals surface area contributed by atoms with Crippen LogP contribution in [0.25, 0.3) is 22.4 Å². The largest absolute Gasteiger partial charge is 0.352 e. The molecule has 8 heteroatoms. The molecule has 1 amide bonds. The molecule has 0 spiro atoms. The molecule has 2 heterocycles. The van der Waals surface area contributed by atoms with E-state index in [4.69, 9.17) is 0 Å². The lowest BCUT2D eigenvalue weighted by atomic mass is 9.95. The molecule has 1 saturated carbocycles. The fraction of sp³-hybridized carbons (Fsp3) is 0.385. The van der Waals surface area contributed by atoms with Crippen molar-refractivity contribution >= 4 is 34.3 Å². The molecule has 1 unspecified atom stereocenters. The van der Waals surface area contributed by atoms with E-state index in [1.165, 1.54) is 31.0 Å². The summed E-state index contributed by atoms with van der Waals surface area (Å²) in [5, 5.41) is 12.9. The first-order chi connectivity index (χ1) is 16.4. The molecular weight excluding hydrogens is 446 g/mol. The van der Waals surface area contributed by atoms with Gasteiger partial charge in [0.1, 0.15) is 0 Å². The number of amides is 1. The molecular formula is C26H29N5O2S. The molecule has 0 bridgehead atoms. The van der Waals surface area contributed by atoms with Crippen molar-refractivity contribution < 1.29 is 4.79 Å². The van der Waals surface area contributed by atoms with E-state index in [1.807, 2.05) is 67.6 Å². The highest BCUT2D eigenvalue weighted by Crippen LogP contribution is 2.27. The van der Waals surface area contributed by atoms with Crippen molar-refractivity contribution in [3.63, 3.8) is 0 Å². The molecule has 1 atom stereocenters. The van der Waals surface area contributed by atoms with Crippen LogP contribution in [0.4, 0.5) is 0 Å². The number of benzene rings is 2. The van der Waals surface area contributed by atoms with E-state index in [2.05, 4.69) is 15.5 Å². The summed E-state index contributed by atoms with van der Waals surface area (Å²) < 4.78 is 3.53. The van der Waals surface area contributed by atoms with E-state index < -0.39 is 0 Å². The average Bonchev–Trinajstić information content (AvgIpc) is 3.25. The van der Waals surface area contributed by atoms with Gasteiger partial charge in [0.05, 0.1) is 21.8 Å². The van der Waals surface area contributed by atoms with Gasteiger partial charge in [0.15, 0.2) is 5.16 Å². The van der Waals surface area contributed by atoms with Gasteiger partial charge >= 0.3 is 0 Å². The minimum Gasteiger partial charge on any atom is -0.352 e. The van der Waals surface area contributed by atoms with Gasteiger partial charge in [0.25, 0.3) is 5.56 Å². The summed E-state index contributed by atoms with van der Waals surface area (Å²) in [6.45, 7) is 5.88. The standard InChI is InChI=1S/C26H29N5O2S/c1-16-13-14-17(2)22(15-16)30-24(33)20-11-7-8-12-21(20)31-25(30)28-29-26(31)34-18(3)23(32)27-19-9-5-4-6-10-19/h7-8,11-15,18-19H,4-6,9-10H2,1-3H3,(H,27,32). The minimum absolute atomic E-state index is 0.0146. The van der Waals surface area contributed by atoms with Crippen LogP contribution in [0.5, 0.6) is 0 Å². The lowest BCUT2D eigenvalue weighted by Gasteiger charge is -2.24. The summed E-state index contributed by atoms with van der Waals surface area (Å²) in [6.07, 6.45) is 5.68. The van der Waals surface area contributed by atoms with E-state index in [1.54, 1.807) is 4.57 Å². The van der Waals surface area contributed by atoms with E-state index in [-0.39, 0.29) is 22.8 Å². The van der Waals surface area contributed by atoms with Gasteiger partial charge in [0, 0.05) is 6.04 Å². The average molecular weight is 476 g/mol. The number of nitrogens with one attached hydrogen (secondary N) is 1. The number of aryl methyl sites for hydroxylation is 2. The molecule has 5 rings (SSSR count). The Bertz CT molecular complexity index is 1430. The van der Waals surface area contributed by atoms with Crippen LogP contribution in [-0.2, 0) is 4.79 Å². The fourth-order valence-corrected chi connectivity index (χ4v) is 5.57. The molecule has 34 heavy (non-hydrogen) atoms. The number of rotatable bonds is 5. The number of thioether (sulfide) groups is 1. The summed E-state index contributed by atoms with van der Waals surface area (Å²) in [6, 6.07) is 13.8. The van der Waals surface area contributed by atoms with Gasteiger partial charge in [-0.2, -0.15) is 0 Å². The van der Waals surface area contributed by atoms with Gasteiger partial charge in [0.2, 0.25) is 11.7 Å². The zero-order valence-corrected chi connectivity index (χ0v) is 20.6. The molecule has 0 radical (unpaired) electrons. The van der Waals surface area contributed by atoms with E-state index >= 15 is 0 Å². The van der Waals surface area contributed by atoms with Gasteiger partial charge in [-0.05, 0) is 62.9 Å². The monoisotopic (exact) mass is 475 g/mol. The van der Waals surface area contributed by atoms with Crippen LogP contribution in [0.3, 0.4) is 0 Å². The molecule has 1 aliphatic rings. The van der Waals surface area contributed by atoms with Gasteiger partial charge in [-0.25, -0.2) is 4.57 Å². The number of hydrogen-bond donors (Lipinski definition) is 1. The van der Waals surface area contributed by atoms with Crippen molar-refractivity contribution in [2.45, 2.75) is 69.3 Å². The number of hydrogen-bond acceptors (Lipinski definition) is 5. The highest BCUT2D eigenvalue weighted by Gasteiger charge is 2.24. The van der Waals surface area contributed by atoms with Crippen LogP contribution >= 0.6 is 11.8 Å². The minimum atomic E-state index is -0.339. The quantitative estimate of drug-likeness (QED) is 0.427. The van der Waals surface area contributed by atoms with Crippen molar-refractivity contribution in [3.05, 3.63) is 63.9 Å². The molecule has 2 aromatic carbocycles. The van der Waals surface area contributed by atoms with Crippen molar-refractivity contribution in [1.29, 1.82) is 0 Å². The topological polar surface area (TPSA) is 81.3 Å². The van der Waals surface area contributed by atoms with Crippen LogP contribution in [-0.4, -0.2) is 36.4 Å². The Kier molecular flexibility index (Phi) is 6.16. The predicted molar refractivity (Wildman–Crippen MR) is 136 cm³/mol. The molecule has 4 aromatic rings. The second-order valence-electron chi connectivity index (χ2n) is 9.17. The first-order valence-electron chi connectivity index (χ1n) is 11.9. The number of para-hydroxylation sites is 1. The van der Waals surface area contributed by atoms with Crippen LogP contribution in [0.2, 0.25) is 0 Å². The summed E-state index contributed by atoms with van der Waals surface area (Å²) in [5.74, 6) is 0.459. The van der Waals surface area contributed by atoms with Crippen molar-refractivity contribution in [1.82, 2.24) is 24.5 Å². The van der Waals surface area contributed by atoms with Crippen LogP contribution in [0.15, 0.2) is 52.4 Å². The Hall–Kier alpha value is -3.13. The van der Waals surface area contributed by atoms with Crippen LogP contribution < -0.4 is 10.9 Å². The maximum absolute atomic E-state index is 13.6. The Morgan fingerprint density at radius 1 is 1.09 bits per heavy atom. The molecule has 2 aromatic heterocycles. The molecule has 1 N–H and O–H groups in total. The number of aromatic nitrogens is 4. The lowest BCUT2D eigenvalue weighted by molar-refractivity contribution is -0.121. The Balaban J connectivity index is 1.59. The highest BCUT2D eigenvalue weighted by molar-refractivity contribution is 8.00. The molecule has 0 aliphatic heterocycles. The van der Waals surface area contributed by atoms with Crippen LogP contribution in [0, 0.1) is 13.8 Å². The van der Waals surface area contributed by atoms with E-state index in [0.717, 1.165) is 35.2 Å². The Morgan fingerprint density at radius 3 is 2.65 bits per heavy atom. The molecule has 0 saturated heterocycles. The number of fused-ring (bicyclic) bond motifs is 3. The molecule has 7 nitrogen and oxygen atoms in total. The first-order valence-corrected chi connectivity index (χ1v) is 12.8. The van der Waals surface area contributed by atoms with Gasteiger partial charge in [-0.15, -0.1) is 10.2 Å². The second-order valence-corrected chi connectivity index (χ2v) is 10.5. The van der Waals surface area contributed by atoms with E-state index in [0.29, 0.717) is 16.3 Å². The third-order valence-electron chi connectivity index (χ3n) is 6.60. The number of carbonyl (C=O) groups is 1. The van der Waals surface area contributed by atoms with Crippen molar-refractivity contribution in [2.24, 2.45) is 0 Å². The Labute approximate surface area is 202 Å². The summed E-state index contributed by atoms with van der Waals surface area (Å²) in [7, 11) is 0. The van der Waals surface area contributed by atoms with Crippen molar-refractivity contribution in [2.75, 3.05) is 0 Å². The second kappa shape index (κ2) is 9.25. The Morgan fingerprint density at radius 2 is 1.85 bits per heavy atom. The normalized spacial score (nSPS) is 15.6. The van der Waals surface area contributed by atoms with Crippen LogP contribution in [0.1, 0.15) is 50.2 Å². The zero-order chi connectivity index (χ0) is 23.8. The SMILES string of the molecule is Cc1ccc(C)c(-n2c(=O)c3ccccc3n3c(SC(C)C(=O)NC4CCCCC4)nnc23)c1. The van der Waals surface area contributed by atoms with Gasteiger partial charge in [-0.1, -0.05) is 55.3 Å². The summed E-state index contributed by atoms with van der Waals surface area (Å²) in [5.41, 5.74) is 3.41. The molecule has 176 valence electrons. The predicted octanol–water partition coefficient (Wildman–Crippen LogP) is 4.58. The third-order valence-corrected chi connectivity index (χ3v) is 7.65. The maximum Gasteiger partial charge on any atom is 0.267 e. The van der Waals surface area contributed by atoms with Gasteiger partial charge in [-0.3, -0.25) is 14.0 Å². The third kappa shape index (κ3) is 4.11. The van der Waals surface area contributed by atoms with Gasteiger partial charge < -0.3 is 5.32 Å². The van der Waals surface area contributed by atoms with E-state index in [9.17, 15) is 9.59 Å². The maximum atomic E-state index is 13.6. The smallest absolute Gasteiger partial charge is 0.267 e. The molecule has 1 aliphatic carbocycles.